The van der Waals surface area contributed by atoms with Gasteiger partial charge in [0.25, 0.3) is 16.8 Å². The molecule has 0 unspecified atom stereocenters. The minimum absolute atomic E-state index is 0.0645. The fraction of sp³-hybridized carbons (Fsp3) is 0.261. The van der Waals surface area contributed by atoms with Crippen LogP contribution in [0.4, 0.5) is 17.1 Å². The van der Waals surface area contributed by atoms with Gasteiger partial charge in [0.2, 0.25) is 0 Å². The number of nitrogens with one attached hydrogen (secondary N) is 2. The van der Waals surface area contributed by atoms with E-state index in [0.717, 1.165) is 18.4 Å². The molecule has 1 atom stereocenters. The quantitative estimate of drug-likeness (QED) is 0.413. The molecule has 4 rings (SSSR count). The van der Waals surface area contributed by atoms with E-state index in [4.69, 9.17) is 0 Å². The molecule has 0 saturated heterocycles. The van der Waals surface area contributed by atoms with Crippen molar-refractivity contribution in [3.63, 3.8) is 0 Å². The zero-order valence-electron chi connectivity index (χ0n) is 16.8. The third-order valence-electron chi connectivity index (χ3n) is 5.39. The summed E-state index contributed by atoms with van der Waals surface area (Å²) < 4.78 is 0. The maximum Gasteiger partial charge on any atom is 0.257 e. The molecule has 1 saturated carbocycles. The van der Waals surface area contributed by atoms with Gasteiger partial charge in [0.1, 0.15) is 11.4 Å². The summed E-state index contributed by atoms with van der Waals surface area (Å²) in [7, 11) is 3.17. The molecule has 1 aliphatic rings. The Kier molecular flexibility index (Phi) is 5.03. The van der Waals surface area contributed by atoms with E-state index >= 15 is 0 Å². The van der Waals surface area contributed by atoms with E-state index in [1.165, 1.54) is 11.0 Å². The predicted molar refractivity (Wildman–Crippen MR) is 116 cm³/mol. The van der Waals surface area contributed by atoms with Crippen molar-refractivity contribution in [2.45, 2.75) is 18.9 Å². The molecule has 7 nitrogen and oxygen atoms in total. The number of carbonyl (C=O) groups excluding carboxylic acids is 1. The summed E-state index contributed by atoms with van der Waals surface area (Å²) in [6.07, 6.45) is 2.11. The number of rotatable bonds is 7. The van der Waals surface area contributed by atoms with Crippen molar-refractivity contribution in [2.75, 3.05) is 24.7 Å². The lowest BCUT2D eigenvalue weighted by molar-refractivity contribution is 0.0824. The van der Waals surface area contributed by atoms with Crippen molar-refractivity contribution in [3.8, 4) is 5.75 Å². The van der Waals surface area contributed by atoms with E-state index in [1.54, 1.807) is 26.2 Å². The molecule has 1 aliphatic carbocycles. The van der Waals surface area contributed by atoms with Crippen molar-refractivity contribution < 1.29 is 9.90 Å². The average molecular weight is 405 g/mol. The highest BCUT2D eigenvalue weighted by Crippen LogP contribution is 2.43. The zero-order chi connectivity index (χ0) is 21.4. The lowest BCUT2D eigenvalue weighted by Gasteiger charge is -2.23. The summed E-state index contributed by atoms with van der Waals surface area (Å²) in [4.78, 5) is 38.1. The Labute approximate surface area is 173 Å². The number of phenols is 1. The standard InChI is InChI=1S/C23H23N3O4/c1-26(2)23(30)15-9-6-10-16(20(15)27)24-18-19(22(29)21(18)28)25-17(14-11-12-14)13-7-4-3-5-8-13/h3-10,14,17,24-25,27H,11-12H2,1-2H3/t17-/m0/s1. The van der Waals surface area contributed by atoms with Gasteiger partial charge in [-0.15, -0.1) is 0 Å². The lowest BCUT2D eigenvalue weighted by atomic mass is 10.0. The molecule has 0 radical (unpaired) electrons. The molecule has 3 N–H and O–H groups in total. The lowest BCUT2D eigenvalue weighted by Crippen LogP contribution is -2.37. The molecule has 0 bridgehead atoms. The number of nitrogens with zero attached hydrogens (tertiary/aromatic N) is 1. The molecular formula is C23H23N3O4. The number of benzene rings is 2. The minimum atomic E-state index is -0.649. The van der Waals surface area contributed by atoms with Crippen LogP contribution in [-0.4, -0.2) is 30.0 Å². The van der Waals surface area contributed by atoms with Gasteiger partial charge in [-0.3, -0.25) is 14.4 Å². The van der Waals surface area contributed by atoms with Crippen LogP contribution in [0.1, 0.15) is 34.8 Å². The fourth-order valence-electron chi connectivity index (χ4n) is 3.56. The molecule has 154 valence electrons. The van der Waals surface area contributed by atoms with Crippen molar-refractivity contribution in [1.29, 1.82) is 0 Å². The molecule has 0 aliphatic heterocycles. The first kappa shape index (κ1) is 19.7. The van der Waals surface area contributed by atoms with E-state index in [0.29, 0.717) is 5.92 Å². The summed E-state index contributed by atoms with van der Waals surface area (Å²) in [5.74, 6) is -0.228. The summed E-state index contributed by atoms with van der Waals surface area (Å²) in [5, 5.41) is 16.6. The van der Waals surface area contributed by atoms with Crippen molar-refractivity contribution in [1.82, 2.24) is 4.90 Å². The predicted octanol–water partition coefficient (Wildman–Crippen LogP) is 3.00. The van der Waals surface area contributed by atoms with Crippen LogP contribution in [-0.2, 0) is 0 Å². The van der Waals surface area contributed by atoms with Gasteiger partial charge >= 0.3 is 0 Å². The number of hydrogen-bond donors (Lipinski definition) is 3. The highest BCUT2D eigenvalue weighted by molar-refractivity contribution is 5.99. The minimum Gasteiger partial charge on any atom is -0.505 e. The summed E-state index contributed by atoms with van der Waals surface area (Å²) in [6, 6.07) is 14.4. The van der Waals surface area contributed by atoms with Crippen molar-refractivity contribution in [3.05, 3.63) is 80.1 Å². The maximum absolute atomic E-state index is 12.3. The van der Waals surface area contributed by atoms with Crippen molar-refractivity contribution >= 4 is 23.0 Å². The molecule has 7 heteroatoms. The fourth-order valence-corrected chi connectivity index (χ4v) is 3.56. The SMILES string of the molecule is CN(C)C(=O)c1cccc(Nc2c(N[C@@H](c3ccccc3)C3CC3)c(=O)c2=O)c1O. The number of aromatic hydroxyl groups is 1. The van der Waals surface area contributed by atoms with Gasteiger partial charge in [-0.25, -0.2) is 0 Å². The first-order valence-electron chi connectivity index (χ1n) is 9.84. The summed E-state index contributed by atoms with van der Waals surface area (Å²) >= 11 is 0. The second-order valence-electron chi connectivity index (χ2n) is 7.80. The molecule has 0 heterocycles. The molecule has 1 amide bonds. The first-order chi connectivity index (χ1) is 14.4. The smallest absolute Gasteiger partial charge is 0.257 e. The average Bonchev–Trinajstić information content (AvgIpc) is 3.59. The largest absolute Gasteiger partial charge is 0.505 e. The van der Waals surface area contributed by atoms with Crippen LogP contribution in [0, 0.1) is 5.92 Å². The van der Waals surface area contributed by atoms with Crippen LogP contribution >= 0.6 is 0 Å². The number of amides is 1. The van der Waals surface area contributed by atoms with E-state index in [-0.39, 0.29) is 40.3 Å². The molecule has 0 aromatic heterocycles. The van der Waals surface area contributed by atoms with Gasteiger partial charge in [0.05, 0.1) is 17.3 Å². The number of carbonyl (C=O) groups is 1. The third-order valence-corrected chi connectivity index (χ3v) is 5.39. The topological polar surface area (TPSA) is 98.7 Å². The van der Waals surface area contributed by atoms with Gasteiger partial charge in [-0.05, 0) is 36.5 Å². The highest BCUT2D eigenvalue weighted by atomic mass is 16.3. The Hall–Kier alpha value is -3.61. The van der Waals surface area contributed by atoms with Crippen LogP contribution in [0.15, 0.2) is 58.1 Å². The van der Waals surface area contributed by atoms with Crippen LogP contribution in [0.25, 0.3) is 0 Å². The Morgan fingerprint density at radius 2 is 1.67 bits per heavy atom. The second-order valence-corrected chi connectivity index (χ2v) is 7.80. The number of hydrogen-bond acceptors (Lipinski definition) is 6. The van der Waals surface area contributed by atoms with Gasteiger partial charge in [0.15, 0.2) is 5.75 Å². The molecule has 3 aromatic carbocycles. The summed E-state index contributed by atoms with van der Waals surface area (Å²) in [6.45, 7) is 0. The van der Waals surface area contributed by atoms with E-state index in [1.807, 2.05) is 30.3 Å². The normalized spacial score (nSPS) is 14.3. The Morgan fingerprint density at radius 3 is 2.30 bits per heavy atom. The summed E-state index contributed by atoms with van der Waals surface area (Å²) in [5.41, 5.74) is 0.443. The van der Waals surface area contributed by atoms with E-state index in [9.17, 15) is 19.5 Å². The molecule has 0 spiro atoms. The van der Waals surface area contributed by atoms with Gasteiger partial charge < -0.3 is 20.6 Å². The van der Waals surface area contributed by atoms with Crippen molar-refractivity contribution in [2.24, 2.45) is 5.92 Å². The molecule has 30 heavy (non-hydrogen) atoms. The molecule has 1 fully saturated rings. The Balaban J connectivity index is 1.63. The zero-order valence-corrected chi connectivity index (χ0v) is 16.8. The molecular weight excluding hydrogens is 382 g/mol. The number of phenolic OH excluding ortho intramolecular Hbond substituents is 1. The number of para-hydroxylation sites is 1. The van der Waals surface area contributed by atoms with Crippen LogP contribution in [0.3, 0.4) is 0 Å². The number of anilines is 3. The first-order valence-corrected chi connectivity index (χ1v) is 9.84. The second kappa shape index (κ2) is 7.67. The van der Waals surface area contributed by atoms with Gasteiger partial charge in [-0.2, -0.15) is 0 Å². The molecule has 3 aromatic rings. The Bertz CT molecular complexity index is 1160. The van der Waals surface area contributed by atoms with Gasteiger partial charge in [0, 0.05) is 14.1 Å². The van der Waals surface area contributed by atoms with E-state index < -0.39 is 10.9 Å². The van der Waals surface area contributed by atoms with E-state index in [2.05, 4.69) is 10.6 Å². The monoisotopic (exact) mass is 405 g/mol. The Morgan fingerprint density at radius 1 is 1.00 bits per heavy atom. The maximum atomic E-state index is 12.3. The van der Waals surface area contributed by atoms with Gasteiger partial charge in [-0.1, -0.05) is 36.4 Å². The highest BCUT2D eigenvalue weighted by Gasteiger charge is 2.35. The van der Waals surface area contributed by atoms with Crippen LogP contribution in [0.2, 0.25) is 0 Å². The third kappa shape index (κ3) is 3.54. The van der Waals surface area contributed by atoms with Crippen LogP contribution < -0.4 is 21.5 Å². The van der Waals surface area contributed by atoms with Crippen LogP contribution in [0.5, 0.6) is 5.75 Å².